The average Bonchev–Trinajstić information content (AvgIpc) is 2.89. The molecular formula is C16H21NO5S. The van der Waals surface area contributed by atoms with Crippen molar-refractivity contribution in [3.63, 3.8) is 0 Å². The topological polar surface area (TPSA) is 89.5 Å². The summed E-state index contributed by atoms with van der Waals surface area (Å²) in [7, 11) is -2.92. The molecule has 1 N–H and O–H groups in total. The lowest BCUT2D eigenvalue weighted by atomic mass is 10.1. The molecule has 0 bridgehead atoms. The van der Waals surface area contributed by atoms with Crippen LogP contribution in [-0.2, 0) is 14.6 Å². The Morgan fingerprint density at radius 1 is 1.26 bits per heavy atom. The van der Waals surface area contributed by atoms with Gasteiger partial charge in [0, 0.05) is 18.5 Å². The van der Waals surface area contributed by atoms with Crippen LogP contribution < -0.4 is 10.1 Å². The summed E-state index contributed by atoms with van der Waals surface area (Å²) in [6.07, 6.45) is 1.04. The molecule has 6 nitrogen and oxygen atoms in total. The van der Waals surface area contributed by atoms with Crippen molar-refractivity contribution >= 4 is 21.5 Å². The normalized spacial score (nSPS) is 19.3. The van der Waals surface area contributed by atoms with Gasteiger partial charge in [-0.15, -0.1) is 0 Å². The second-order valence-corrected chi connectivity index (χ2v) is 7.89. The van der Waals surface area contributed by atoms with E-state index in [4.69, 9.17) is 4.74 Å². The minimum atomic E-state index is -2.92. The molecule has 0 aliphatic carbocycles. The van der Waals surface area contributed by atoms with Crippen LogP contribution in [0.15, 0.2) is 24.3 Å². The number of sulfone groups is 1. The van der Waals surface area contributed by atoms with Gasteiger partial charge in [-0.25, -0.2) is 8.42 Å². The van der Waals surface area contributed by atoms with Crippen LogP contribution in [0.3, 0.4) is 0 Å². The summed E-state index contributed by atoms with van der Waals surface area (Å²) in [4.78, 5) is 23.2. The fourth-order valence-corrected chi connectivity index (χ4v) is 4.29. The molecule has 0 radical (unpaired) electrons. The molecular weight excluding hydrogens is 318 g/mol. The fraction of sp³-hybridized carbons (Fsp3) is 0.500. The molecule has 1 saturated heterocycles. The first kappa shape index (κ1) is 17.5. The zero-order valence-electron chi connectivity index (χ0n) is 13.1. The van der Waals surface area contributed by atoms with Crippen molar-refractivity contribution in [2.45, 2.75) is 19.8 Å². The second-order valence-electron chi connectivity index (χ2n) is 5.66. The van der Waals surface area contributed by atoms with Gasteiger partial charge in [0.2, 0.25) is 0 Å². The van der Waals surface area contributed by atoms with Crippen LogP contribution in [-0.4, -0.2) is 44.8 Å². The Hall–Kier alpha value is -1.89. The maximum atomic E-state index is 11.7. The van der Waals surface area contributed by atoms with E-state index < -0.39 is 9.84 Å². The predicted molar refractivity (Wildman–Crippen MR) is 86.3 cm³/mol. The molecule has 0 spiro atoms. The van der Waals surface area contributed by atoms with Gasteiger partial charge in [-0.3, -0.25) is 9.59 Å². The highest BCUT2D eigenvalue weighted by atomic mass is 32.2. The third-order valence-electron chi connectivity index (χ3n) is 3.78. The van der Waals surface area contributed by atoms with Crippen LogP contribution in [0.4, 0.5) is 0 Å². The predicted octanol–water partition coefficient (Wildman–Crippen LogP) is 1.21. The number of ether oxygens (including phenoxy) is 1. The Bertz CT molecular complexity index is 666. The summed E-state index contributed by atoms with van der Waals surface area (Å²) < 4.78 is 28.0. The van der Waals surface area contributed by atoms with E-state index in [1.165, 1.54) is 0 Å². The molecule has 1 aromatic carbocycles. The SMILES string of the molecule is CCC(=O)c1ccc(OCC(=O)NCC2CCS(=O)(=O)C2)cc1. The molecule has 2 rings (SSSR count). The van der Waals surface area contributed by atoms with E-state index in [0.29, 0.717) is 30.7 Å². The van der Waals surface area contributed by atoms with Crippen molar-refractivity contribution in [3.05, 3.63) is 29.8 Å². The summed E-state index contributed by atoms with van der Waals surface area (Å²) in [6.45, 7) is 2.01. The van der Waals surface area contributed by atoms with Crippen LogP contribution in [0.1, 0.15) is 30.1 Å². The third kappa shape index (κ3) is 5.35. The number of nitrogens with one attached hydrogen (secondary N) is 1. The lowest BCUT2D eigenvalue weighted by molar-refractivity contribution is -0.123. The number of hydrogen-bond donors (Lipinski definition) is 1. The highest BCUT2D eigenvalue weighted by molar-refractivity contribution is 7.91. The minimum absolute atomic E-state index is 0.0108. The Labute approximate surface area is 136 Å². The lowest BCUT2D eigenvalue weighted by Crippen LogP contribution is -2.33. The molecule has 1 unspecified atom stereocenters. The smallest absolute Gasteiger partial charge is 0.257 e. The first-order valence-corrected chi connectivity index (χ1v) is 9.45. The van der Waals surface area contributed by atoms with Crippen molar-refractivity contribution in [1.29, 1.82) is 0 Å². The largest absolute Gasteiger partial charge is 0.484 e. The van der Waals surface area contributed by atoms with Crippen molar-refractivity contribution in [1.82, 2.24) is 5.32 Å². The highest BCUT2D eigenvalue weighted by Gasteiger charge is 2.27. The van der Waals surface area contributed by atoms with Gasteiger partial charge < -0.3 is 10.1 Å². The molecule has 1 heterocycles. The first-order chi connectivity index (χ1) is 10.9. The standard InChI is InChI=1S/C16H21NO5S/c1-2-15(18)13-3-5-14(6-4-13)22-10-16(19)17-9-12-7-8-23(20,21)11-12/h3-6,12H,2,7-11H2,1H3,(H,17,19). The molecule has 1 aromatic rings. The zero-order valence-corrected chi connectivity index (χ0v) is 13.9. The van der Waals surface area contributed by atoms with Crippen molar-refractivity contribution in [3.8, 4) is 5.75 Å². The van der Waals surface area contributed by atoms with Gasteiger partial charge in [0.05, 0.1) is 11.5 Å². The van der Waals surface area contributed by atoms with Crippen LogP contribution in [0, 0.1) is 5.92 Å². The summed E-state index contributed by atoms with van der Waals surface area (Å²) in [5, 5.41) is 2.69. The van der Waals surface area contributed by atoms with Crippen molar-refractivity contribution < 1.29 is 22.7 Å². The number of carbonyl (C=O) groups is 2. The molecule has 1 amide bonds. The number of ketones is 1. The Kier molecular flexibility index (Phi) is 5.76. The molecule has 7 heteroatoms. The average molecular weight is 339 g/mol. The number of benzene rings is 1. The monoisotopic (exact) mass is 339 g/mol. The van der Waals surface area contributed by atoms with E-state index in [-0.39, 0.29) is 35.7 Å². The fourth-order valence-electron chi connectivity index (χ4n) is 2.43. The van der Waals surface area contributed by atoms with E-state index in [2.05, 4.69) is 5.32 Å². The molecule has 1 fully saturated rings. The van der Waals surface area contributed by atoms with Crippen LogP contribution in [0.5, 0.6) is 5.75 Å². The van der Waals surface area contributed by atoms with Gasteiger partial charge in [-0.05, 0) is 36.6 Å². The molecule has 1 aliphatic heterocycles. The van der Waals surface area contributed by atoms with E-state index in [9.17, 15) is 18.0 Å². The van der Waals surface area contributed by atoms with E-state index in [0.717, 1.165) is 0 Å². The number of amides is 1. The molecule has 1 aliphatic rings. The number of hydrogen-bond acceptors (Lipinski definition) is 5. The summed E-state index contributed by atoms with van der Waals surface area (Å²) in [5.41, 5.74) is 0.617. The van der Waals surface area contributed by atoms with E-state index in [1.807, 2.05) is 0 Å². The van der Waals surface area contributed by atoms with Gasteiger partial charge >= 0.3 is 0 Å². The Morgan fingerprint density at radius 2 is 1.96 bits per heavy atom. The molecule has 1 atom stereocenters. The lowest BCUT2D eigenvalue weighted by Gasteiger charge is -2.10. The number of rotatable bonds is 7. The van der Waals surface area contributed by atoms with E-state index in [1.54, 1.807) is 31.2 Å². The maximum absolute atomic E-state index is 11.7. The van der Waals surface area contributed by atoms with Crippen LogP contribution >= 0.6 is 0 Å². The maximum Gasteiger partial charge on any atom is 0.257 e. The van der Waals surface area contributed by atoms with Gasteiger partial charge in [0.15, 0.2) is 22.2 Å². The number of Topliss-reactive ketones (excluding diaryl/α,β-unsaturated/α-hetero) is 1. The van der Waals surface area contributed by atoms with E-state index >= 15 is 0 Å². The molecule has 126 valence electrons. The minimum Gasteiger partial charge on any atom is -0.484 e. The second kappa shape index (κ2) is 7.59. The third-order valence-corrected chi connectivity index (χ3v) is 5.62. The quantitative estimate of drug-likeness (QED) is 0.754. The molecule has 0 saturated carbocycles. The number of carbonyl (C=O) groups excluding carboxylic acids is 2. The Morgan fingerprint density at radius 3 is 2.52 bits per heavy atom. The van der Waals surface area contributed by atoms with Crippen molar-refractivity contribution in [2.75, 3.05) is 24.7 Å². The van der Waals surface area contributed by atoms with Gasteiger partial charge in [-0.2, -0.15) is 0 Å². The van der Waals surface area contributed by atoms with Gasteiger partial charge in [0.1, 0.15) is 5.75 Å². The van der Waals surface area contributed by atoms with Crippen LogP contribution in [0.25, 0.3) is 0 Å². The van der Waals surface area contributed by atoms with Gasteiger partial charge in [0.25, 0.3) is 5.91 Å². The first-order valence-electron chi connectivity index (χ1n) is 7.63. The Balaban J connectivity index is 1.73. The van der Waals surface area contributed by atoms with Crippen molar-refractivity contribution in [2.24, 2.45) is 5.92 Å². The summed E-state index contributed by atoms with van der Waals surface area (Å²) >= 11 is 0. The summed E-state index contributed by atoms with van der Waals surface area (Å²) in [5.74, 6) is 0.608. The highest BCUT2D eigenvalue weighted by Crippen LogP contribution is 2.17. The van der Waals surface area contributed by atoms with Crippen LogP contribution in [0.2, 0.25) is 0 Å². The summed E-state index contributed by atoms with van der Waals surface area (Å²) in [6, 6.07) is 6.64. The molecule has 0 aromatic heterocycles. The molecule has 23 heavy (non-hydrogen) atoms. The zero-order chi connectivity index (χ0) is 16.9. The van der Waals surface area contributed by atoms with Gasteiger partial charge in [-0.1, -0.05) is 6.92 Å².